The summed E-state index contributed by atoms with van der Waals surface area (Å²) in [5.41, 5.74) is 4.07. The van der Waals surface area contributed by atoms with Crippen LogP contribution >= 0.6 is 24.8 Å². The van der Waals surface area contributed by atoms with Gasteiger partial charge in [-0.05, 0) is 35.5 Å². The van der Waals surface area contributed by atoms with Gasteiger partial charge in [-0.2, -0.15) is 0 Å². The van der Waals surface area contributed by atoms with E-state index in [2.05, 4.69) is 95.1 Å². The number of hydrogen-bond acceptors (Lipinski definition) is 0. The first-order chi connectivity index (χ1) is 13.2. The van der Waals surface area contributed by atoms with E-state index < -0.39 is 0 Å². The molecule has 0 nitrogen and oxygen atoms in total. The molecule has 0 aliphatic heterocycles. The molecule has 0 aromatic rings. The van der Waals surface area contributed by atoms with Crippen molar-refractivity contribution >= 4 is 29.0 Å². The predicted molar refractivity (Wildman–Crippen MR) is 136 cm³/mol. The van der Waals surface area contributed by atoms with Gasteiger partial charge in [-0.25, -0.2) is 36.1 Å². The van der Waals surface area contributed by atoms with E-state index in [4.69, 9.17) is 0 Å². The van der Waals surface area contributed by atoms with Crippen molar-refractivity contribution in [1.29, 1.82) is 0 Å². The van der Waals surface area contributed by atoms with Crippen molar-refractivity contribution in [2.24, 2.45) is 34.5 Å². The van der Waals surface area contributed by atoms with Gasteiger partial charge in [0.1, 0.15) is 0 Å². The maximum atomic E-state index is 3.34. The molecule has 0 aromatic heterocycles. The van der Waals surface area contributed by atoms with Gasteiger partial charge in [0.15, 0.2) is 0 Å². The van der Waals surface area contributed by atoms with Gasteiger partial charge < -0.3 is 0 Å². The quantitative estimate of drug-likeness (QED) is 0.277. The molecule has 0 spiro atoms. The molecule has 168 valence electrons. The Kier molecular flexibility index (Phi) is 12.9. The normalized spacial score (nSPS) is 31.5. The van der Waals surface area contributed by atoms with Crippen LogP contribution in [0.25, 0.3) is 0 Å². The summed E-state index contributed by atoms with van der Waals surface area (Å²) in [7, 11) is 0. The number of hydrogen-bond donors (Lipinski definition) is 0. The van der Waals surface area contributed by atoms with Crippen molar-refractivity contribution in [1.82, 2.24) is 0 Å². The Morgan fingerprint density at radius 1 is 0.767 bits per heavy atom. The number of fused-ring (bicyclic) bond motifs is 2. The summed E-state index contributed by atoms with van der Waals surface area (Å²) < 4.78 is 3.34. The van der Waals surface area contributed by atoms with Crippen LogP contribution in [0.3, 0.4) is 0 Å². The van der Waals surface area contributed by atoms with Crippen LogP contribution in [-0.2, 0) is 24.2 Å². The van der Waals surface area contributed by atoms with E-state index in [0.29, 0.717) is 10.8 Å². The van der Waals surface area contributed by atoms with E-state index in [1.165, 1.54) is 49.9 Å². The van der Waals surface area contributed by atoms with Crippen molar-refractivity contribution < 1.29 is 24.2 Å². The Hall–Kier alpha value is 0.0331. The second kappa shape index (κ2) is 12.9. The fraction of sp³-hybridized carbons (Fsp3) is 0.593. The Balaban J connectivity index is 0.000000488. The molecule has 0 bridgehead atoms. The molecule has 0 amide bonds. The zero-order valence-electron chi connectivity index (χ0n) is 19.8. The predicted octanol–water partition coefficient (Wildman–Crippen LogP) is 8.33. The standard InChI is InChI=1S/2C13H19.CH2.2ClH.Zr/c2*1-10-8-11-6-4-5-7-13(2,3)12(11)9-10;;;;/h2*4-6,8,10,12H,7,9H2,1-3H3;1H2;2*1H;/q2*-1;;;;+2. The summed E-state index contributed by atoms with van der Waals surface area (Å²) in [6.45, 7) is 14.2. The Morgan fingerprint density at radius 2 is 1.10 bits per heavy atom. The molecule has 0 N–H and O–H groups in total. The molecule has 0 heterocycles. The van der Waals surface area contributed by atoms with Crippen molar-refractivity contribution in [3.63, 3.8) is 0 Å². The average Bonchev–Trinajstić information content (AvgIpc) is 3.14. The number of halogens is 2. The van der Waals surface area contributed by atoms with Gasteiger partial charge in [-0.1, -0.05) is 66.2 Å². The van der Waals surface area contributed by atoms with Crippen LogP contribution in [0, 0.1) is 47.3 Å². The third-order valence-electron chi connectivity index (χ3n) is 7.00. The van der Waals surface area contributed by atoms with E-state index in [9.17, 15) is 0 Å². The maximum absolute atomic E-state index is 3.34. The third kappa shape index (κ3) is 7.57. The first kappa shape index (κ1) is 30.0. The molecule has 4 aliphatic rings. The average molecular weight is 529 g/mol. The summed E-state index contributed by atoms with van der Waals surface area (Å²) in [4.78, 5) is 0. The monoisotopic (exact) mass is 526 g/mol. The topological polar surface area (TPSA) is 0 Å². The van der Waals surface area contributed by atoms with E-state index in [1.54, 1.807) is 11.1 Å². The SMILES string of the molecule is CC1[CH-]C2=CC=CCC(C)(C)C2C1.CC1[CH-]C2=CC=CCC(C)(C)C2C1.Cl.Cl.[CH2]=[Zr+2]. The van der Waals surface area contributed by atoms with Crippen LogP contribution in [0.15, 0.2) is 47.6 Å². The fourth-order valence-electron chi connectivity index (χ4n) is 5.31. The van der Waals surface area contributed by atoms with E-state index in [-0.39, 0.29) is 24.8 Å². The molecule has 0 aromatic carbocycles. The molecular formula is C27H42Cl2Zr. The van der Waals surface area contributed by atoms with Crippen molar-refractivity contribution in [3.8, 4) is 0 Å². The van der Waals surface area contributed by atoms with Crippen LogP contribution in [0.5, 0.6) is 0 Å². The molecule has 4 aliphatic carbocycles. The van der Waals surface area contributed by atoms with Gasteiger partial charge in [0, 0.05) is 0 Å². The van der Waals surface area contributed by atoms with Gasteiger partial charge in [0.2, 0.25) is 0 Å². The zero-order chi connectivity index (χ0) is 20.9. The van der Waals surface area contributed by atoms with Gasteiger partial charge >= 0.3 is 28.4 Å². The van der Waals surface area contributed by atoms with Crippen LogP contribution in [-0.4, -0.2) is 4.21 Å². The molecule has 4 unspecified atom stereocenters. The summed E-state index contributed by atoms with van der Waals surface area (Å²) in [6, 6.07) is 0. The summed E-state index contributed by atoms with van der Waals surface area (Å²) in [5, 5.41) is 0. The molecular weight excluding hydrogens is 486 g/mol. The second-order valence-electron chi connectivity index (χ2n) is 10.4. The molecule has 30 heavy (non-hydrogen) atoms. The summed E-state index contributed by atoms with van der Waals surface area (Å²) in [6.07, 6.45) is 23.7. The van der Waals surface area contributed by atoms with Gasteiger partial charge in [-0.15, -0.1) is 49.1 Å². The minimum atomic E-state index is 0. The molecule has 4 atom stereocenters. The van der Waals surface area contributed by atoms with Crippen LogP contribution in [0.2, 0.25) is 0 Å². The Labute approximate surface area is 214 Å². The molecule has 3 heteroatoms. The fourth-order valence-corrected chi connectivity index (χ4v) is 5.31. The van der Waals surface area contributed by atoms with E-state index >= 15 is 0 Å². The molecule has 0 radical (unpaired) electrons. The van der Waals surface area contributed by atoms with E-state index in [1.807, 2.05) is 0 Å². The van der Waals surface area contributed by atoms with Crippen molar-refractivity contribution in [2.75, 3.05) is 0 Å². The van der Waals surface area contributed by atoms with E-state index in [0.717, 1.165) is 23.7 Å². The number of rotatable bonds is 0. The zero-order valence-corrected chi connectivity index (χ0v) is 23.9. The second-order valence-corrected chi connectivity index (χ2v) is 10.4. The summed E-state index contributed by atoms with van der Waals surface area (Å²) >= 11 is 1.30. The molecule has 2 fully saturated rings. The number of allylic oxidation sites excluding steroid dienone is 8. The first-order valence-electron chi connectivity index (χ1n) is 11.0. The van der Waals surface area contributed by atoms with Crippen LogP contribution in [0.1, 0.15) is 67.2 Å². The Morgan fingerprint density at radius 3 is 1.43 bits per heavy atom. The molecule has 0 saturated heterocycles. The van der Waals surface area contributed by atoms with Gasteiger partial charge in [0.25, 0.3) is 0 Å². The molecule has 2 saturated carbocycles. The Bertz CT molecular complexity index is 598. The summed E-state index contributed by atoms with van der Waals surface area (Å²) in [5.74, 6) is 3.14. The minimum absolute atomic E-state index is 0. The van der Waals surface area contributed by atoms with Gasteiger partial charge in [0.05, 0.1) is 0 Å². The van der Waals surface area contributed by atoms with Crippen LogP contribution in [0.4, 0.5) is 0 Å². The molecule has 4 rings (SSSR count). The van der Waals surface area contributed by atoms with Crippen LogP contribution < -0.4 is 0 Å². The van der Waals surface area contributed by atoms with Gasteiger partial charge in [-0.3, -0.25) is 0 Å². The van der Waals surface area contributed by atoms with Crippen molar-refractivity contribution in [2.45, 2.75) is 67.2 Å². The third-order valence-corrected chi connectivity index (χ3v) is 7.00. The van der Waals surface area contributed by atoms with Crippen molar-refractivity contribution in [3.05, 3.63) is 60.4 Å². The first-order valence-corrected chi connectivity index (χ1v) is 12.7.